The fourth-order valence-electron chi connectivity index (χ4n) is 2.01. The summed E-state index contributed by atoms with van der Waals surface area (Å²) in [6.45, 7) is 3.44. The van der Waals surface area contributed by atoms with Crippen molar-refractivity contribution in [2.24, 2.45) is 5.73 Å². The van der Waals surface area contributed by atoms with E-state index in [1.807, 2.05) is 31.2 Å². The Balaban J connectivity index is 2.06. The molecule has 3 N–H and O–H groups in total. The number of primary amides is 1. The van der Waals surface area contributed by atoms with Crippen molar-refractivity contribution in [1.29, 1.82) is 0 Å². The van der Waals surface area contributed by atoms with Crippen LogP contribution in [0.4, 0.5) is 0 Å². The first-order valence-corrected chi connectivity index (χ1v) is 7.99. The van der Waals surface area contributed by atoms with E-state index in [-0.39, 0.29) is 6.61 Å². The molecule has 0 fully saturated rings. The van der Waals surface area contributed by atoms with Gasteiger partial charge in [0.25, 0.3) is 5.91 Å². The van der Waals surface area contributed by atoms with Gasteiger partial charge in [0, 0.05) is 6.54 Å². The van der Waals surface area contributed by atoms with Crippen molar-refractivity contribution in [2.45, 2.75) is 20.0 Å². The topological polar surface area (TPSA) is 86.7 Å². The standard InChI is InChI=1S/C16H19BrN2O4/c1-2-21-14-7-11(8-19-9-12-4-3-5-22-12)6-13(17)16(14)23-10-15(18)20/h3-7,19H,2,8-10H2,1H3,(H2,18,20). The third-order valence-corrected chi connectivity index (χ3v) is 3.53. The number of furan rings is 1. The molecule has 0 spiro atoms. The average molecular weight is 383 g/mol. The Labute approximate surface area is 143 Å². The molecule has 0 bridgehead atoms. The molecule has 1 aromatic heterocycles. The van der Waals surface area contributed by atoms with Crippen molar-refractivity contribution >= 4 is 21.8 Å². The Morgan fingerprint density at radius 1 is 1.35 bits per heavy atom. The van der Waals surface area contributed by atoms with Crippen LogP contribution in [0.5, 0.6) is 11.5 Å². The van der Waals surface area contributed by atoms with Gasteiger partial charge in [0.05, 0.1) is 23.9 Å². The van der Waals surface area contributed by atoms with Crippen LogP contribution in [-0.2, 0) is 17.9 Å². The summed E-state index contributed by atoms with van der Waals surface area (Å²) in [5.41, 5.74) is 6.13. The van der Waals surface area contributed by atoms with Gasteiger partial charge in [0.2, 0.25) is 0 Å². The second kappa shape index (κ2) is 8.59. The largest absolute Gasteiger partial charge is 0.490 e. The number of hydrogen-bond donors (Lipinski definition) is 2. The number of carbonyl (C=O) groups excluding carboxylic acids is 1. The number of benzene rings is 1. The molecule has 1 heterocycles. The minimum atomic E-state index is -0.538. The van der Waals surface area contributed by atoms with Gasteiger partial charge in [0.1, 0.15) is 5.76 Å². The van der Waals surface area contributed by atoms with Gasteiger partial charge in [-0.15, -0.1) is 0 Å². The van der Waals surface area contributed by atoms with E-state index >= 15 is 0 Å². The van der Waals surface area contributed by atoms with E-state index in [2.05, 4.69) is 21.2 Å². The average Bonchev–Trinajstić information content (AvgIpc) is 3.00. The molecule has 7 heteroatoms. The summed E-state index contributed by atoms with van der Waals surface area (Å²) in [6.07, 6.45) is 1.64. The van der Waals surface area contributed by atoms with Gasteiger partial charge in [-0.3, -0.25) is 4.79 Å². The van der Waals surface area contributed by atoms with Gasteiger partial charge < -0.3 is 24.9 Å². The first kappa shape index (κ1) is 17.4. The molecule has 0 unspecified atom stereocenters. The first-order valence-electron chi connectivity index (χ1n) is 7.19. The number of nitrogens with two attached hydrogens (primary N) is 1. The van der Waals surface area contributed by atoms with Crippen LogP contribution in [0.25, 0.3) is 0 Å². The molecular weight excluding hydrogens is 364 g/mol. The molecule has 0 radical (unpaired) electrons. The van der Waals surface area contributed by atoms with Crippen molar-refractivity contribution in [2.75, 3.05) is 13.2 Å². The third-order valence-electron chi connectivity index (χ3n) is 2.94. The summed E-state index contributed by atoms with van der Waals surface area (Å²) in [6, 6.07) is 7.55. The highest BCUT2D eigenvalue weighted by molar-refractivity contribution is 9.10. The summed E-state index contributed by atoms with van der Waals surface area (Å²) < 4.78 is 17.0. The van der Waals surface area contributed by atoms with Crippen molar-refractivity contribution in [3.05, 3.63) is 46.3 Å². The number of halogens is 1. The van der Waals surface area contributed by atoms with Gasteiger partial charge in [-0.05, 0) is 52.7 Å². The number of hydrogen-bond acceptors (Lipinski definition) is 5. The van der Waals surface area contributed by atoms with Crippen LogP contribution in [0.1, 0.15) is 18.2 Å². The van der Waals surface area contributed by atoms with E-state index in [0.717, 1.165) is 11.3 Å². The molecule has 6 nitrogen and oxygen atoms in total. The molecule has 1 aromatic carbocycles. The van der Waals surface area contributed by atoms with Crippen molar-refractivity contribution in [1.82, 2.24) is 5.32 Å². The van der Waals surface area contributed by atoms with E-state index in [0.29, 0.717) is 35.7 Å². The summed E-state index contributed by atoms with van der Waals surface area (Å²) in [5, 5.41) is 3.29. The summed E-state index contributed by atoms with van der Waals surface area (Å²) in [4.78, 5) is 10.9. The van der Waals surface area contributed by atoms with Crippen molar-refractivity contribution in [3.63, 3.8) is 0 Å². The summed E-state index contributed by atoms with van der Waals surface area (Å²) in [5.74, 6) is 1.37. The van der Waals surface area contributed by atoms with Gasteiger partial charge in [-0.1, -0.05) is 0 Å². The van der Waals surface area contributed by atoms with E-state index < -0.39 is 5.91 Å². The van der Waals surface area contributed by atoms with Gasteiger partial charge in [-0.2, -0.15) is 0 Å². The fourth-order valence-corrected chi connectivity index (χ4v) is 2.62. The van der Waals surface area contributed by atoms with Crippen molar-refractivity contribution < 1.29 is 18.7 Å². The lowest BCUT2D eigenvalue weighted by Gasteiger charge is -2.15. The quantitative estimate of drug-likeness (QED) is 0.695. The molecule has 0 aliphatic rings. The normalized spacial score (nSPS) is 10.5. The Morgan fingerprint density at radius 2 is 2.17 bits per heavy atom. The molecule has 0 saturated heterocycles. The predicted molar refractivity (Wildman–Crippen MR) is 89.3 cm³/mol. The molecule has 2 rings (SSSR count). The maximum Gasteiger partial charge on any atom is 0.255 e. The molecule has 0 aliphatic heterocycles. The van der Waals surface area contributed by atoms with Crippen LogP contribution in [0.15, 0.2) is 39.4 Å². The number of nitrogens with one attached hydrogen (secondary N) is 1. The molecule has 0 atom stereocenters. The summed E-state index contributed by atoms with van der Waals surface area (Å²) in [7, 11) is 0. The highest BCUT2D eigenvalue weighted by Gasteiger charge is 2.13. The highest BCUT2D eigenvalue weighted by atomic mass is 79.9. The Kier molecular flexibility index (Phi) is 6.49. The predicted octanol–water partition coefficient (Wildman–Crippen LogP) is 2.59. The van der Waals surface area contributed by atoms with Crippen LogP contribution in [0.3, 0.4) is 0 Å². The van der Waals surface area contributed by atoms with Crippen LogP contribution in [0.2, 0.25) is 0 Å². The zero-order chi connectivity index (χ0) is 16.7. The third kappa shape index (κ3) is 5.30. The molecule has 1 amide bonds. The lowest BCUT2D eigenvalue weighted by atomic mass is 10.2. The lowest BCUT2D eigenvalue weighted by Crippen LogP contribution is -2.20. The second-order valence-corrected chi connectivity index (χ2v) is 5.63. The molecule has 124 valence electrons. The molecule has 0 saturated carbocycles. The van der Waals surface area contributed by atoms with Gasteiger partial charge in [0.15, 0.2) is 18.1 Å². The lowest BCUT2D eigenvalue weighted by molar-refractivity contribution is -0.119. The Morgan fingerprint density at radius 3 is 2.83 bits per heavy atom. The monoisotopic (exact) mass is 382 g/mol. The van der Waals surface area contributed by atoms with Crippen LogP contribution < -0.4 is 20.5 Å². The van der Waals surface area contributed by atoms with Crippen LogP contribution in [-0.4, -0.2) is 19.1 Å². The van der Waals surface area contributed by atoms with E-state index in [1.54, 1.807) is 6.26 Å². The van der Waals surface area contributed by atoms with Gasteiger partial charge >= 0.3 is 0 Å². The number of carbonyl (C=O) groups is 1. The van der Waals surface area contributed by atoms with Crippen LogP contribution in [0, 0.1) is 0 Å². The second-order valence-electron chi connectivity index (χ2n) is 4.78. The summed E-state index contributed by atoms with van der Waals surface area (Å²) >= 11 is 3.45. The number of ether oxygens (including phenoxy) is 2. The maximum atomic E-state index is 10.9. The number of amides is 1. The minimum absolute atomic E-state index is 0.200. The van der Waals surface area contributed by atoms with Crippen molar-refractivity contribution in [3.8, 4) is 11.5 Å². The SMILES string of the molecule is CCOc1cc(CNCc2ccco2)cc(Br)c1OCC(N)=O. The molecule has 2 aromatic rings. The molecular formula is C16H19BrN2O4. The molecule has 0 aliphatic carbocycles. The zero-order valence-electron chi connectivity index (χ0n) is 12.8. The Hall–Kier alpha value is -1.99. The fraction of sp³-hybridized carbons (Fsp3) is 0.312. The smallest absolute Gasteiger partial charge is 0.255 e. The van der Waals surface area contributed by atoms with Gasteiger partial charge in [-0.25, -0.2) is 0 Å². The van der Waals surface area contributed by atoms with E-state index in [9.17, 15) is 4.79 Å². The molecule has 23 heavy (non-hydrogen) atoms. The van der Waals surface area contributed by atoms with Crippen LogP contribution >= 0.6 is 15.9 Å². The Bertz CT molecular complexity index is 644. The number of rotatable bonds is 9. The first-order chi connectivity index (χ1) is 11.1. The minimum Gasteiger partial charge on any atom is -0.490 e. The van der Waals surface area contributed by atoms with E-state index in [1.165, 1.54) is 0 Å². The highest BCUT2D eigenvalue weighted by Crippen LogP contribution is 2.37. The maximum absolute atomic E-state index is 10.9. The van der Waals surface area contributed by atoms with E-state index in [4.69, 9.17) is 19.6 Å². The zero-order valence-corrected chi connectivity index (χ0v) is 14.4.